The maximum atomic E-state index is 11.9. The standard InChI is InChI=1S/C26H46O3S.2C26H46O2S.2C3H5.H2O2.O.Ti/c1-3-5-7-9-11-13-15-17-20-24-21-19-23-26(30(27,28)29)25(24)22-18-16-14-12-10-8-6-4-2;2*1-3-5-7-9-11-13-15-17-20-24-21-19-23-26(29(27)28)25(24)22-18-16-14-12-10-8-6-4-2;2*1-3-2;1-2;;/h19,21,23H,3-18,20,22H2,1-2H3,(H,27,28,29);2*19,21,23H,3-18,20,22H2,1-2H3,(H,27,28);2*3H,1-2H2;1-2H;;/q;;;2*-1;;;/p-2. The molecule has 0 fully saturated rings. The van der Waals surface area contributed by atoms with E-state index in [2.05, 4.69) is 86.7 Å². The van der Waals surface area contributed by atoms with Crippen LogP contribution in [0.25, 0.3) is 0 Å². The Morgan fingerprint density at radius 2 is 0.520 bits per heavy atom. The molecule has 0 saturated heterocycles. The van der Waals surface area contributed by atoms with Gasteiger partial charge in [-0.2, -0.15) is 8.42 Å². The molecule has 98 heavy (non-hydrogen) atoms. The molecule has 0 saturated carbocycles. The summed E-state index contributed by atoms with van der Waals surface area (Å²) in [6.45, 7) is 26.5. The van der Waals surface area contributed by atoms with E-state index >= 15 is 0 Å². The van der Waals surface area contributed by atoms with Crippen molar-refractivity contribution in [2.24, 2.45) is 0 Å². The Morgan fingerprint density at radius 3 is 0.724 bits per heavy atom. The van der Waals surface area contributed by atoms with Crippen molar-refractivity contribution in [2.45, 2.75) is 403 Å². The number of unbranched alkanes of at least 4 members (excludes halogenated alkanes) is 42. The third-order valence-electron chi connectivity index (χ3n) is 18.1. The van der Waals surface area contributed by atoms with Crippen LogP contribution >= 0.6 is 0 Å². The number of hydrogen-bond acceptors (Lipinski definition) is 9. The molecule has 0 aliphatic carbocycles. The maximum absolute atomic E-state index is 11.9. The van der Waals surface area contributed by atoms with Gasteiger partial charge in [-0.25, -0.2) is 39.2 Å². The van der Waals surface area contributed by atoms with E-state index in [-0.39, 0.29) is 4.90 Å². The summed E-state index contributed by atoms with van der Waals surface area (Å²) in [5.74, 6) is 0. The SMILES string of the molecule is C=C[CH2-].C=C[CH2-].CCCCCCCCCCc1cccc(S(=O)(=O)O)c1CCCCCCCCCC.CCCCCCCCCCc1cccc(S(=O)[O-])c1CCCCCCCCCC.CCCCCCCCCCc1cccc(S(=O)[O-])c1CCCCCCCCCC.OO.[O]=[Ti]. The van der Waals surface area contributed by atoms with E-state index in [0.717, 1.165) is 113 Å². The second-order valence-electron chi connectivity index (χ2n) is 26.6. The molecule has 0 spiro atoms. The summed E-state index contributed by atoms with van der Waals surface area (Å²) in [7, 11) is -4.16. The Labute approximate surface area is 622 Å². The van der Waals surface area contributed by atoms with Crippen LogP contribution in [0.15, 0.2) is 94.6 Å². The molecule has 0 amide bonds. The number of aryl methyl sites for hydroxylation is 3. The van der Waals surface area contributed by atoms with Gasteiger partial charge in [-0.1, -0.05) is 348 Å². The van der Waals surface area contributed by atoms with E-state index in [1.807, 2.05) is 12.1 Å². The molecule has 0 aliphatic rings. The first kappa shape index (κ1) is 102. The first-order chi connectivity index (χ1) is 47.7. The Hall–Kier alpha value is -2.56. The van der Waals surface area contributed by atoms with Crippen LogP contribution in [-0.4, -0.2) is 41.0 Å². The van der Waals surface area contributed by atoms with Crippen molar-refractivity contribution in [1.82, 2.24) is 0 Å². The summed E-state index contributed by atoms with van der Waals surface area (Å²) in [6.07, 6.45) is 70.0. The number of allylic oxidation sites excluding steroid dienone is 2. The van der Waals surface area contributed by atoms with Gasteiger partial charge in [0.05, 0.1) is 4.90 Å². The van der Waals surface area contributed by atoms with Crippen LogP contribution in [0.3, 0.4) is 0 Å². The summed E-state index contributed by atoms with van der Waals surface area (Å²) in [5.41, 5.74) is 6.68. The molecule has 2 unspecified atom stereocenters. The van der Waals surface area contributed by atoms with Gasteiger partial charge in [-0.15, -0.1) is 0 Å². The molecule has 2 atom stereocenters. The summed E-state index contributed by atoms with van der Waals surface area (Å²) in [6, 6.07) is 17.1. The van der Waals surface area contributed by atoms with Gasteiger partial charge in [0, 0.05) is 9.79 Å². The zero-order valence-corrected chi connectivity index (χ0v) is 67.8. The molecule has 0 radical (unpaired) electrons. The summed E-state index contributed by atoms with van der Waals surface area (Å²) >= 11 is -3.50. The minimum atomic E-state index is -4.16. The van der Waals surface area contributed by atoms with Crippen LogP contribution < -0.4 is 0 Å². The van der Waals surface area contributed by atoms with E-state index < -0.39 is 32.3 Å². The fourth-order valence-electron chi connectivity index (χ4n) is 12.6. The van der Waals surface area contributed by atoms with E-state index in [1.54, 1.807) is 24.3 Å². The van der Waals surface area contributed by atoms with Crippen LogP contribution in [0.4, 0.5) is 0 Å². The molecular formula is C84H148O10S3Ti-4. The summed E-state index contributed by atoms with van der Waals surface area (Å²) < 4.78 is 88.6. The number of rotatable bonds is 57. The van der Waals surface area contributed by atoms with Gasteiger partial charge in [0.15, 0.2) is 0 Å². The molecule has 3 N–H and O–H groups in total. The van der Waals surface area contributed by atoms with E-state index in [9.17, 15) is 30.5 Å². The van der Waals surface area contributed by atoms with E-state index in [1.165, 1.54) is 299 Å². The van der Waals surface area contributed by atoms with Crippen LogP contribution in [-0.2, 0) is 94.5 Å². The second-order valence-corrected chi connectivity index (χ2v) is 29.8. The normalized spacial score (nSPS) is 11.3. The third-order valence-corrected chi connectivity index (χ3v) is 20.5. The van der Waals surface area contributed by atoms with E-state index in [0.29, 0.717) is 9.79 Å². The average molecular weight is 1460 g/mol. The summed E-state index contributed by atoms with van der Waals surface area (Å²) in [5, 5.41) is 12.0. The fraction of sp³-hybridized carbons (Fsp3) is 0.714. The van der Waals surface area contributed by atoms with Gasteiger partial charge in [0.2, 0.25) is 0 Å². The Bertz CT molecular complexity index is 2260. The molecule has 3 aromatic rings. The Balaban J connectivity index is -0.000000632. The monoisotopic (exact) mass is 1460 g/mol. The van der Waals surface area contributed by atoms with Crippen molar-refractivity contribution >= 4 is 32.3 Å². The summed E-state index contributed by atoms with van der Waals surface area (Å²) in [4.78, 5) is 1.19. The van der Waals surface area contributed by atoms with Gasteiger partial charge >= 0.3 is 23.7 Å². The predicted octanol–water partition coefficient (Wildman–Crippen LogP) is 26.8. The quantitative estimate of drug-likeness (QED) is 0.00932. The van der Waals surface area contributed by atoms with Crippen molar-refractivity contribution in [2.75, 3.05) is 0 Å². The van der Waals surface area contributed by atoms with Crippen molar-refractivity contribution in [3.63, 3.8) is 0 Å². The zero-order chi connectivity index (χ0) is 73.8. The molecule has 14 heteroatoms. The van der Waals surface area contributed by atoms with Crippen molar-refractivity contribution < 1.29 is 64.7 Å². The topological polar surface area (TPSA) is 192 Å². The number of hydrogen-bond donors (Lipinski definition) is 3. The van der Waals surface area contributed by atoms with Gasteiger partial charge in [-0.3, -0.25) is 23.5 Å². The van der Waals surface area contributed by atoms with Gasteiger partial charge in [0.25, 0.3) is 10.1 Å². The van der Waals surface area contributed by atoms with Crippen molar-refractivity contribution in [1.29, 1.82) is 0 Å². The molecule has 0 aliphatic heterocycles. The first-order valence-electron chi connectivity index (χ1n) is 39.4. The average Bonchev–Trinajstić information content (AvgIpc) is 0.818. The van der Waals surface area contributed by atoms with Crippen LogP contribution in [0.2, 0.25) is 0 Å². The molecular weight excluding hydrogens is 1310 g/mol. The third kappa shape index (κ3) is 62.1. The predicted molar refractivity (Wildman–Crippen MR) is 418 cm³/mol. The Kier molecular flexibility index (Phi) is 83.3. The molecule has 3 aromatic carbocycles. The van der Waals surface area contributed by atoms with E-state index in [4.69, 9.17) is 13.8 Å². The second kappa shape index (κ2) is 80.1. The minimum absolute atomic E-state index is 0.127. The van der Waals surface area contributed by atoms with Crippen LogP contribution in [0.1, 0.15) is 383 Å². The van der Waals surface area contributed by atoms with Crippen molar-refractivity contribution in [3.05, 3.63) is 127 Å². The Morgan fingerprint density at radius 1 is 0.347 bits per heavy atom. The molecule has 570 valence electrons. The molecule has 0 aromatic heterocycles. The zero-order valence-electron chi connectivity index (χ0n) is 63.8. The van der Waals surface area contributed by atoms with Crippen molar-refractivity contribution in [3.8, 4) is 0 Å². The molecule has 0 heterocycles. The number of benzene rings is 3. The van der Waals surface area contributed by atoms with Gasteiger partial charge < -0.3 is 9.11 Å². The van der Waals surface area contributed by atoms with Gasteiger partial charge in [0.1, 0.15) is 0 Å². The first-order valence-corrected chi connectivity index (χ1v) is 43.7. The molecule has 10 nitrogen and oxygen atoms in total. The van der Waals surface area contributed by atoms with Gasteiger partial charge in [-0.05, 0) is 151 Å². The molecule has 3 rings (SSSR count). The fourth-order valence-corrected chi connectivity index (χ4v) is 14.6. The van der Waals surface area contributed by atoms with Crippen LogP contribution in [0.5, 0.6) is 0 Å². The molecule has 0 bridgehead atoms. The van der Waals surface area contributed by atoms with Crippen LogP contribution in [0, 0.1) is 13.8 Å².